The normalized spacial score (nSPS) is 12.2. The molecule has 1 amide bonds. The van der Waals surface area contributed by atoms with Gasteiger partial charge in [0, 0.05) is 19.5 Å². The molecule has 1 unspecified atom stereocenters. The molecule has 1 aromatic carbocycles. The minimum atomic E-state index is 0.226. The van der Waals surface area contributed by atoms with Crippen LogP contribution in [0.4, 0.5) is 0 Å². The fourth-order valence-electron chi connectivity index (χ4n) is 2.05. The highest BCUT2D eigenvalue weighted by molar-refractivity contribution is 5.76. The molecule has 0 aliphatic heterocycles. The third-order valence-electron chi connectivity index (χ3n) is 3.44. The van der Waals surface area contributed by atoms with Crippen LogP contribution in [-0.2, 0) is 11.3 Å². The standard InChI is InChI=1S/C16H26N2O/c1-4-18(16(19)9-8-14(3)11-17)12-15-7-5-6-13(2)10-15/h5-7,10,14H,4,8-9,11-12,17H2,1-3H3. The van der Waals surface area contributed by atoms with E-state index < -0.39 is 0 Å². The SMILES string of the molecule is CCN(Cc1cccc(C)c1)C(=O)CCC(C)CN. The van der Waals surface area contributed by atoms with Crippen molar-refractivity contribution in [1.29, 1.82) is 0 Å². The van der Waals surface area contributed by atoms with Gasteiger partial charge in [0.15, 0.2) is 0 Å². The summed E-state index contributed by atoms with van der Waals surface area (Å²) in [5.74, 6) is 0.644. The fourth-order valence-corrected chi connectivity index (χ4v) is 2.05. The number of carbonyl (C=O) groups excluding carboxylic acids is 1. The summed E-state index contributed by atoms with van der Waals surface area (Å²) in [7, 11) is 0. The molecule has 1 rings (SSSR count). The molecule has 0 spiro atoms. The van der Waals surface area contributed by atoms with E-state index in [1.165, 1.54) is 11.1 Å². The van der Waals surface area contributed by atoms with Crippen molar-refractivity contribution in [2.24, 2.45) is 11.7 Å². The molecule has 3 heteroatoms. The lowest BCUT2D eigenvalue weighted by Crippen LogP contribution is -2.30. The van der Waals surface area contributed by atoms with Crippen molar-refractivity contribution in [2.45, 2.75) is 40.2 Å². The van der Waals surface area contributed by atoms with Crippen molar-refractivity contribution >= 4 is 5.91 Å². The Morgan fingerprint density at radius 3 is 2.74 bits per heavy atom. The van der Waals surface area contributed by atoms with Gasteiger partial charge in [0.25, 0.3) is 0 Å². The molecule has 0 saturated carbocycles. The maximum atomic E-state index is 12.2. The average Bonchev–Trinajstić information content (AvgIpc) is 2.41. The highest BCUT2D eigenvalue weighted by Gasteiger charge is 2.13. The molecule has 3 nitrogen and oxygen atoms in total. The summed E-state index contributed by atoms with van der Waals surface area (Å²) in [5.41, 5.74) is 8.01. The van der Waals surface area contributed by atoms with E-state index in [4.69, 9.17) is 5.73 Å². The van der Waals surface area contributed by atoms with Crippen molar-refractivity contribution < 1.29 is 4.79 Å². The second-order valence-corrected chi connectivity index (χ2v) is 5.28. The molecule has 0 heterocycles. The molecule has 0 aliphatic carbocycles. The van der Waals surface area contributed by atoms with Crippen LogP contribution in [0.25, 0.3) is 0 Å². The van der Waals surface area contributed by atoms with Crippen molar-refractivity contribution in [3.63, 3.8) is 0 Å². The van der Waals surface area contributed by atoms with Gasteiger partial charge in [0.2, 0.25) is 5.91 Å². The van der Waals surface area contributed by atoms with Crippen molar-refractivity contribution in [3.8, 4) is 0 Å². The Labute approximate surface area is 116 Å². The second kappa shape index (κ2) is 7.95. The Kier molecular flexibility index (Phi) is 6.57. The predicted octanol–water partition coefficient (Wildman–Crippen LogP) is 2.72. The first-order chi connectivity index (χ1) is 9.06. The van der Waals surface area contributed by atoms with Gasteiger partial charge in [-0.15, -0.1) is 0 Å². The molecule has 0 aromatic heterocycles. The van der Waals surface area contributed by atoms with E-state index in [1.54, 1.807) is 0 Å². The Morgan fingerprint density at radius 1 is 1.42 bits per heavy atom. The summed E-state index contributed by atoms with van der Waals surface area (Å²) in [6.45, 7) is 8.30. The fraction of sp³-hybridized carbons (Fsp3) is 0.562. The van der Waals surface area contributed by atoms with Gasteiger partial charge in [-0.1, -0.05) is 36.8 Å². The van der Waals surface area contributed by atoms with Crippen LogP contribution in [0.2, 0.25) is 0 Å². The lowest BCUT2D eigenvalue weighted by molar-refractivity contribution is -0.131. The number of carbonyl (C=O) groups is 1. The molecule has 2 N–H and O–H groups in total. The van der Waals surface area contributed by atoms with Crippen LogP contribution >= 0.6 is 0 Å². The van der Waals surface area contributed by atoms with Crippen LogP contribution in [0.5, 0.6) is 0 Å². The topological polar surface area (TPSA) is 46.3 Å². The highest BCUT2D eigenvalue weighted by atomic mass is 16.2. The minimum Gasteiger partial charge on any atom is -0.339 e. The number of hydrogen-bond acceptors (Lipinski definition) is 2. The van der Waals surface area contributed by atoms with Gasteiger partial charge < -0.3 is 10.6 Å². The summed E-state index contributed by atoms with van der Waals surface area (Å²) in [5, 5.41) is 0. The second-order valence-electron chi connectivity index (χ2n) is 5.28. The Balaban J connectivity index is 2.55. The maximum Gasteiger partial charge on any atom is 0.222 e. The summed E-state index contributed by atoms with van der Waals surface area (Å²) in [6, 6.07) is 8.33. The third-order valence-corrected chi connectivity index (χ3v) is 3.44. The van der Waals surface area contributed by atoms with Crippen molar-refractivity contribution in [3.05, 3.63) is 35.4 Å². The van der Waals surface area contributed by atoms with Gasteiger partial charge >= 0.3 is 0 Å². The van der Waals surface area contributed by atoms with Crippen LogP contribution in [0.15, 0.2) is 24.3 Å². The van der Waals surface area contributed by atoms with E-state index in [0.717, 1.165) is 13.0 Å². The number of hydrogen-bond donors (Lipinski definition) is 1. The zero-order chi connectivity index (χ0) is 14.3. The number of nitrogens with two attached hydrogens (primary N) is 1. The van der Waals surface area contributed by atoms with Gasteiger partial charge in [-0.25, -0.2) is 0 Å². The molecule has 0 radical (unpaired) electrons. The molecule has 1 atom stereocenters. The molecular weight excluding hydrogens is 236 g/mol. The van der Waals surface area contributed by atoms with E-state index in [0.29, 0.717) is 25.4 Å². The van der Waals surface area contributed by atoms with Crippen LogP contribution in [0.3, 0.4) is 0 Å². The smallest absolute Gasteiger partial charge is 0.222 e. The largest absolute Gasteiger partial charge is 0.339 e. The number of amides is 1. The molecule has 0 bridgehead atoms. The van der Waals surface area contributed by atoms with Gasteiger partial charge in [-0.2, -0.15) is 0 Å². The summed E-state index contributed by atoms with van der Waals surface area (Å²) in [4.78, 5) is 14.1. The molecule has 0 fully saturated rings. The predicted molar refractivity (Wildman–Crippen MR) is 79.7 cm³/mol. The van der Waals surface area contributed by atoms with E-state index in [1.807, 2.05) is 17.9 Å². The third kappa shape index (κ3) is 5.43. The molecular formula is C16H26N2O. The van der Waals surface area contributed by atoms with Crippen LogP contribution in [0.1, 0.15) is 37.8 Å². The first-order valence-electron chi connectivity index (χ1n) is 7.10. The number of aryl methyl sites for hydroxylation is 1. The summed E-state index contributed by atoms with van der Waals surface area (Å²) >= 11 is 0. The van der Waals surface area contributed by atoms with Gasteiger partial charge in [0.1, 0.15) is 0 Å². The van der Waals surface area contributed by atoms with E-state index in [-0.39, 0.29) is 5.91 Å². The van der Waals surface area contributed by atoms with Crippen molar-refractivity contribution in [1.82, 2.24) is 4.90 Å². The Morgan fingerprint density at radius 2 is 2.16 bits per heavy atom. The monoisotopic (exact) mass is 262 g/mol. The summed E-state index contributed by atoms with van der Waals surface area (Å²) < 4.78 is 0. The molecule has 0 aliphatic rings. The van der Waals surface area contributed by atoms with Gasteiger partial charge in [0.05, 0.1) is 0 Å². The molecule has 19 heavy (non-hydrogen) atoms. The quantitative estimate of drug-likeness (QED) is 0.821. The maximum absolute atomic E-state index is 12.2. The number of rotatable bonds is 7. The Bertz CT molecular complexity index is 403. The zero-order valence-electron chi connectivity index (χ0n) is 12.4. The number of benzene rings is 1. The first kappa shape index (κ1) is 15.7. The molecule has 0 saturated heterocycles. The average molecular weight is 262 g/mol. The van der Waals surface area contributed by atoms with Gasteiger partial charge in [-0.05, 0) is 38.3 Å². The Hall–Kier alpha value is -1.35. The molecule has 106 valence electrons. The molecule has 1 aromatic rings. The van der Waals surface area contributed by atoms with Crippen molar-refractivity contribution in [2.75, 3.05) is 13.1 Å². The van der Waals surface area contributed by atoms with Crippen LogP contribution in [-0.4, -0.2) is 23.9 Å². The van der Waals surface area contributed by atoms with Crippen LogP contribution in [0, 0.1) is 12.8 Å². The van der Waals surface area contributed by atoms with E-state index in [2.05, 4.69) is 32.0 Å². The first-order valence-corrected chi connectivity index (χ1v) is 7.10. The van der Waals surface area contributed by atoms with Crippen LogP contribution < -0.4 is 5.73 Å². The lowest BCUT2D eigenvalue weighted by atomic mass is 10.1. The highest BCUT2D eigenvalue weighted by Crippen LogP contribution is 2.11. The zero-order valence-corrected chi connectivity index (χ0v) is 12.4. The van der Waals surface area contributed by atoms with E-state index in [9.17, 15) is 4.79 Å². The minimum absolute atomic E-state index is 0.226. The summed E-state index contributed by atoms with van der Waals surface area (Å²) in [6.07, 6.45) is 1.47. The van der Waals surface area contributed by atoms with Gasteiger partial charge in [-0.3, -0.25) is 4.79 Å². The lowest BCUT2D eigenvalue weighted by Gasteiger charge is -2.22. The number of nitrogens with zero attached hydrogens (tertiary/aromatic N) is 1. The van der Waals surface area contributed by atoms with E-state index >= 15 is 0 Å².